The summed E-state index contributed by atoms with van der Waals surface area (Å²) in [5.41, 5.74) is 4.58. The minimum absolute atomic E-state index is 0.190. The Labute approximate surface area is 136 Å². The maximum absolute atomic E-state index is 4.52. The molecule has 23 heavy (non-hydrogen) atoms. The first-order valence-corrected chi connectivity index (χ1v) is 8.00. The van der Waals surface area contributed by atoms with Gasteiger partial charge in [0.05, 0.1) is 11.7 Å². The average Bonchev–Trinajstić information content (AvgIpc) is 3.00. The first-order valence-electron chi connectivity index (χ1n) is 8.00. The summed E-state index contributed by atoms with van der Waals surface area (Å²) >= 11 is 0. The van der Waals surface area contributed by atoms with Gasteiger partial charge in [-0.3, -0.25) is 4.90 Å². The monoisotopic (exact) mass is 304 g/mol. The van der Waals surface area contributed by atoms with Gasteiger partial charge in [0.2, 0.25) is 0 Å². The van der Waals surface area contributed by atoms with E-state index < -0.39 is 0 Å². The van der Waals surface area contributed by atoms with E-state index in [1.165, 1.54) is 11.3 Å². The minimum Gasteiger partial charge on any atom is -0.295 e. The molecule has 4 rings (SSSR count). The Balaban J connectivity index is 1.85. The van der Waals surface area contributed by atoms with Crippen molar-refractivity contribution in [1.82, 2.24) is 19.9 Å². The Bertz CT molecular complexity index is 795. The molecule has 0 fully saturated rings. The van der Waals surface area contributed by atoms with Gasteiger partial charge in [0.25, 0.3) is 0 Å². The van der Waals surface area contributed by atoms with Gasteiger partial charge in [0.15, 0.2) is 0 Å². The maximum Gasteiger partial charge on any atom is 0.117 e. The number of aromatic nitrogens is 3. The molecule has 0 saturated carbocycles. The second-order valence-corrected chi connectivity index (χ2v) is 6.21. The molecule has 1 unspecified atom stereocenters. The van der Waals surface area contributed by atoms with Gasteiger partial charge in [-0.1, -0.05) is 65.9 Å². The molecule has 116 valence electrons. The van der Waals surface area contributed by atoms with Crippen LogP contribution in [0.4, 0.5) is 0 Å². The topological polar surface area (TPSA) is 34.0 Å². The van der Waals surface area contributed by atoms with Gasteiger partial charge in [-0.25, -0.2) is 4.68 Å². The molecule has 0 amide bonds. The molecule has 0 N–H and O–H groups in total. The first kappa shape index (κ1) is 14.2. The minimum atomic E-state index is 0.190. The highest BCUT2D eigenvalue weighted by Gasteiger charge is 2.34. The zero-order valence-electron chi connectivity index (χ0n) is 13.4. The van der Waals surface area contributed by atoms with E-state index in [2.05, 4.69) is 76.3 Å². The lowest BCUT2D eigenvalue weighted by Gasteiger charge is -2.37. The van der Waals surface area contributed by atoms with E-state index >= 15 is 0 Å². The van der Waals surface area contributed by atoms with Crippen molar-refractivity contribution in [2.75, 3.05) is 7.05 Å². The van der Waals surface area contributed by atoms with Gasteiger partial charge in [0.1, 0.15) is 5.69 Å². The van der Waals surface area contributed by atoms with Gasteiger partial charge in [-0.15, -0.1) is 5.10 Å². The van der Waals surface area contributed by atoms with Crippen LogP contribution < -0.4 is 0 Å². The van der Waals surface area contributed by atoms with Gasteiger partial charge in [0, 0.05) is 18.2 Å². The van der Waals surface area contributed by atoms with E-state index in [0.717, 1.165) is 17.8 Å². The summed E-state index contributed by atoms with van der Waals surface area (Å²) < 4.78 is 2.11. The Kier molecular flexibility index (Phi) is 3.46. The molecule has 4 nitrogen and oxygen atoms in total. The highest BCUT2D eigenvalue weighted by Crippen LogP contribution is 2.34. The molecule has 4 heteroatoms. The van der Waals surface area contributed by atoms with Crippen molar-refractivity contribution >= 4 is 0 Å². The number of rotatable bonds is 2. The highest BCUT2D eigenvalue weighted by atomic mass is 15.5. The fraction of sp³-hybridized carbons (Fsp3) is 0.263. The zero-order valence-corrected chi connectivity index (χ0v) is 13.4. The molecule has 0 bridgehead atoms. The summed E-state index contributed by atoms with van der Waals surface area (Å²) in [5.74, 6) is 0. The fourth-order valence-corrected chi connectivity index (χ4v) is 3.40. The second kappa shape index (κ2) is 5.63. The normalized spacial score (nSPS) is 21.1. The van der Waals surface area contributed by atoms with Crippen molar-refractivity contribution in [1.29, 1.82) is 0 Å². The number of benzene rings is 2. The van der Waals surface area contributed by atoms with Crippen molar-refractivity contribution in [2.45, 2.75) is 25.6 Å². The van der Waals surface area contributed by atoms with Crippen LogP contribution in [0.5, 0.6) is 0 Å². The third kappa shape index (κ3) is 2.35. The highest BCUT2D eigenvalue weighted by molar-refractivity contribution is 5.61. The van der Waals surface area contributed by atoms with Crippen LogP contribution in [0.1, 0.15) is 24.2 Å². The molecule has 2 heterocycles. The lowest BCUT2D eigenvalue weighted by Crippen LogP contribution is -2.43. The predicted octanol–water partition coefficient (Wildman–Crippen LogP) is 3.37. The van der Waals surface area contributed by atoms with E-state index in [1.54, 1.807) is 0 Å². The van der Waals surface area contributed by atoms with Crippen molar-refractivity contribution in [2.24, 2.45) is 0 Å². The van der Waals surface area contributed by atoms with E-state index in [1.807, 2.05) is 18.2 Å². The van der Waals surface area contributed by atoms with Gasteiger partial charge in [-0.2, -0.15) is 0 Å². The van der Waals surface area contributed by atoms with Crippen molar-refractivity contribution in [3.63, 3.8) is 0 Å². The molecule has 0 aliphatic carbocycles. The summed E-state index contributed by atoms with van der Waals surface area (Å²) in [6, 6.07) is 21.5. The van der Waals surface area contributed by atoms with Crippen LogP contribution in [-0.2, 0) is 6.54 Å². The van der Waals surface area contributed by atoms with E-state index in [0.29, 0.717) is 6.04 Å². The van der Waals surface area contributed by atoms with Crippen LogP contribution in [0.3, 0.4) is 0 Å². The van der Waals surface area contributed by atoms with Crippen LogP contribution in [0.15, 0.2) is 60.7 Å². The number of fused-ring (bicyclic) bond motifs is 1. The van der Waals surface area contributed by atoms with Crippen molar-refractivity contribution in [3.8, 4) is 11.3 Å². The largest absolute Gasteiger partial charge is 0.295 e. The summed E-state index contributed by atoms with van der Waals surface area (Å²) in [5, 5.41) is 9.01. The lowest BCUT2D eigenvalue weighted by atomic mass is 9.96. The first-order chi connectivity index (χ1) is 11.3. The smallest absolute Gasteiger partial charge is 0.117 e. The summed E-state index contributed by atoms with van der Waals surface area (Å²) in [6.45, 7) is 3.12. The summed E-state index contributed by atoms with van der Waals surface area (Å²) in [7, 11) is 2.17. The van der Waals surface area contributed by atoms with E-state index in [-0.39, 0.29) is 6.04 Å². The zero-order chi connectivity index (χ0) is 15.8. The standard InChI is InChI=1S/C19H20N4/c1-14-19(16-11-7-4-8-12-16)23-17(13-22(14)2)18(20-21-23)15-9-5-3-6-10-15/h3-12,14,19H,13H2,1-2H3/t14-,19?/m0/s1. The Morgan fingerprint density at radius 1 is 0.957 bits per heavy atom. The van der Waals surface area contributed by atoms with Gasteiger partial charge in [-0.05, 0) is 19.5 Å². The number of nitrogens with zero attached hydrogens (tertiary/aromatic N) is 4. The second-order valence-electron chi connectivity index (χ2n) is 6.21. The molecular weight excluding hydrogens is 284 g/mol. The Morgan fingerprint density at radius 3 is 2.30 bits per heavy atom. The molecule has 1 aromatic heterocycles. The van der Waals surface area contributed by atoms with Crippen LogP contribution >= 0.6 is 0 Å². The van der Waals surface area contributed by atoms with E-state index in [4.69, 9.17) is 0 Å². The van der Waals surface area contributed by atoms with Gasteiger partial charge >= 0.3 is 0 Å². The van der Waals surface area contributed by atoms with Crippen LogP contribution in [0.25, 0.3) is 11.3 Å². The molecule has 2 aromatic carbocycles. The lowest BCUT2D eigenvalue weighted by molar-refractivity contribution is 0.155. The Morgan fingerprint density at radius 2 is 1.61 bits per heavy atom. The molecule has 3 aromatic rings. The molecular formula is C19H20N4. The third-order valence-corrected chi connectivity index (χ3v) is 4.79. The quantitative estimate of drug-likeness (QED) is 0.728. The molecule has 0 spiro atoms. The van der Waals surface area contributed by atoms with Gasteiger partial charge < -0.3 is 0 Å². The molecule has 1 aliphatic heterocycles. The van der Waals surface area contributed by atoms with Crippen LogP contribution in [0, 0.1) is 0 Å². The number of likely N-dealkylation sites (N-methyl/N-ethyl adjacent to an activating group) is 1. The van der Waals surface area contributed by atoms with Crippen LogP contribution in [0.2, 0.25) is 0 Å². The van der Waals surface area contributed by atoms with Crippen molar-refractivity contribution in [3.05, 3.63) is 71.9 Å². The molecule has 1 aliphatic rings. The predicted molar refractivity (Wildman–Crippen MR) is 91.0 cm³/mol. The number of hydrogen-bond donors (Lipinski definition) is 0. The van der Waals surface area contributed by atoms with Crippen LogP contribution in [-0.4, -0.2) is 33.0 Å². The maximum atomic E-state index is 4.52. The molecule has 0 radical (unpaired) electrons. The molecule has 2 atom stereocenters. The fourth-order valence-electron chi connectivity index (χ4n) is 3.40. The Hall–Kier alpha value is -2.46. The van der Waals surface area contributed by atoms with E-state index in [9.17, 15) is 0 Å². The summed E-state index contributed by atoms with van der Waals surface area (Å²) in [6.07, 6.45) is 0. The molecule has 0 saturated heterocycles. The number of hydrogen-bond acceptors (Lipinski definition) is 3. The SMILES string of the molecule is C[C@H]1C(c2ccccc2)n2nnc(-c3ccccc3)c2CN1C. The van der Waals surface area contributed by atoms with Crippen molar-refractivity contribution < 1.29 is 0 Å². The third-order valence-electron chi connectivity index (χ3n) is 4.79. The summed E-state index contributed by atoms with van der Waals surface area (Å²) in [4.78, 5) is 2.38. The average molecular weight is 304 g/mol.